The summed E-state index contributed by atoms with van der Waals surface area (Å²) >= 11 is 0. The van der Waals surface area contributed by atoms with E-state index in [1.54, 1.807) is 7.05 Å². The Morgan fingerprint density at radius 2 is 1.93 bits per heavy atom. The van der Waals surface area contributed by atoms with E-state index in [4.69, 9.17) is 0 Å². The number of fused-ring (bicyclic) bond motifs is 1. The Morgan fingerprint density at radius 3 is 2.57 bits per heavy atom. The van der Waals surface area contributed by atoms with Crippen LogP contribution < -0.4 is 0 Å². The molecule has 0 amide bonds. The van der Waals surface area contributed by atoms with E-state index in [0.717, 1.165) is 6.33 Å². The Balaban J connectivity index is 2.79. The average molecular weight is 202 g/mol. The molecule has 0 bridgehead atoms. The third-order valence-electron chi connectivity index (χ3n) is 1.77. The quantitative estimate of drug-likeness (QED) is 0.648. The van der Waals surface area contributed by atoms with E-state index in [1.165, 1.54) is 10.9 Å². The van der Waals surface area contributed by atoms with Gasteiger partial charge in [0.05, 0.1) is 6.33 Å². The number of hydrogen-bond acceptors (Lipinski definition) is 3. The maximum Gasteiger partial charge on any atom is 0.435 e. The molecule has 2 aromatic heterocycles. The van der Waals surface area contributed by atoms with Gasteiger partial charge < -0.3 is 4.57 Å². The van der Waals surface area contributed by atoms with Gasteiger partial charge in [-0.05, 0) is 0 Å². The Bertz CT molecular complexity index is 473. The topological polar surface area (TPSA) is 43.6 Å². The van der Waals surface area contributed by atoms with Crippen molar-refractivity contribution in [1.29, 1.82) is 0 Å². The average Bonchev–Trinajstić information content (AvgIpc) is 2.46. The third kappa shape index (κ3) is 1.21. The Kier molecular flexibility index (Phi) is 1.70. The Morgan fingerprint density at radius 1 is 1.21 bits per heavy atom. The molecule has 2 rings (SSSR count). The zero-order valence-electron chi connectivity index (χ0n) is 7.08. The van der Waals surface area contributed by atoms with Crippen LogP contribution in [0.4, 0.5) is 13.2 Å². The van der Waals surface area contributed by atoms with Crippen molar-refractivity contribution < 1.29 is 13.2 Å². The molecule has 0 aliphatic carbocycles. The second-order valence-electron chi connectivity index (χ2n) is 2.75. The van der Waals surface area contributed by atoms with Crippen molar-refractivity contribution in [3.8, 4) is 0 Å². The van der Waals surface area contributed by atoms with Gasteiger partial charge in [-0.2, -0.15) is 13.2 Å². The zero-order chi connectivity index (χ0) is 10.3. The molecular formula is C7H5F3N4. The maximum atomic E-state index is 12.4. The van der Waals surface area contributed by atoms with Gasteiger partial charge in [-0.15, -0.1) is 0 Å². The summed E-state index contributed by atoms with van der Waals surface area (Å²) in [7, 11) is 1.57. The van der Waals surface area contributed by atoms with E-state index in [0.29, 0.717) is 0 Å². The summed E-state index contributed by atoms with van der Waals surface area (Å²) in [6, 6.07) is 0. The number of alkyl halides is 3. The lowest BCUT2D eigenvalue weighted by Gasteiger charge is -2.04. The van der Waals surface area contributed by atoms with Gasteiger partial charge in [0.25, 0.3) is 0 Å². The summed E-state index contributed by atoms with van der Waals surface area (Å²) < 4.78 is 38.6. The largest absolute Gasteiger partial charge is 0.435 e. The first-order chi connectivity index (χ1) is 6.50. The normalized spacial score (nSPS) is 12.3. The number of rotatable bonds is 0. The molecule has 0 spiro atoms. The van der Waals surface area contributed by atoms with Crippen LogP contribution in [-0.4, -0.2) is 19.5 Å². The molecule has 0 aliphatic rings. The van der Waals surface area contributed by atoms with Crippen LogP contribution in [0.1, 0.15) is 5.69 Å². The fourth-order valence-electron chi connectivity index (χ4n) is 1.15. The van der Waals surface area contributed by atoms with E-state index >= 15 is 0 Å². The predicted octanol–water partition coefficient (Wildman–Crippen LogP) is 1.38. The molecule has 4 nitrogen and oxygen atoms in total. The number of halogens is 3. The summed E-state index contributed by atoms with van der Waals surface area (Å²) in [5.41, 5.74) is -1.04. The number of nitrogens with zero attached hydrogens (tertiary/aromatic N) is 4. The van der Waals surface area contributed by atoms with Crippen LogP contribution in [0.15, 0.2) is 12.7 Å². The standard InChI is InChI=1S/C7H5F3N4/c1-14-3-13-4-5(7(8,9)10)11-2-12-6(4)14/h2-3H,1H3. The smallest absolute Gasteiger partial charge is 0.318 e. The van der Waals surface area contributed by atoms with Crippen LogP contribution in [0.2, 0.25) is 0 Å². The van der Waals surface area contributed by atoms with E-state index in [-0.39, 0.29) is 11.2 Å². The van der Waals surface area contributed by atoms with Crippen LogP contribution in [0, 0.1) is 0 Å². The van der Waals surface area contributed by atoms with E-state index < -0.39 is 11.9 Å². The third-order valence-corrected chi connectivity index (χ3v) is 1.77. The Hall–Kier alpha value is -1.66. The van der Waals surface area contributed by atoms with E-state index in [1.807, 2.05) is 0 Å². The molecular weight excluding hydrogens is 197 g/mol. The number of aromatic nitrogens is 4. The molecule has 2 heterocycles. The SMILES string of the molecule is Cn1cnc2c(C(F)(F)F)ncnc21. The van der Waals surface area contributed by atoms with Crippen molar-refractivity contribution in [3.05, 3.63) is 18.3 Å². The van der Waals surface area contributed by atoms with Crippen molar-refractivity contribution in [2.45, 2.75) is 6.18 Å². The van der Waals surface area contributed by atoms with Gasteiger partial charge in [0.1, 0.15) is 11.8 Å². The monoisotopic (exact) mass is 202 g/mol. The molecule has 0 saturated carbocycles. The van der Waals surface area contributed by atoms with E-state index in [2.05, 4.69) is 15.0 Å². The highest BCUT2D eigenvalue weighted by Crippen LogP contribution is 2.31. The molecule has 0 saturated heterocycles. The molecule has 0 aliphatic heterocycles. The number of aryl methyl sites for hydroxylation is 1. The predicted molar refractivity (Wildman–Crippen MR) is 41.3 cm³/mol. The molecule has 2 aromatic rings. The molecule has 14 heavy (non-hydrogen) atoms. The molecule has 0 unspecified atom stereocenters. The highest BCUT2D eigenvalue weighted by molar-refractivity contribution is 5.73. The summed E-state index contributed by atoms with van der Waals surface area (Å²) in [6.07, 6.45) is -2.34. The zero-order valence-corrected chi connectivity index (χ0v) is 7.08. The highest BCUT2D eigenvalue weighted by atomic mass is 19.4. The lowest BCUT2D eigenvalue weighted by Crippen LogP contribution is -2.09. The van der Waals surface area contributed by atoms with Crippen molar-refractivity contribution >= 4 is 11.2 Å². The fraction of sp³-hybridized carbons (Fsp3) is 0.286. The van der Waals surface area contributed by atoms with Gasteiger partial charge in [0, 0.05) is 7.05 Å². The van der Waals surface area contributed by atoms with Crippen LogP contribution in [0.25, 0.3) is 11.2 Å². The molecule has 7 heteroatoms. The molecule has 0 N–H and O–H groups in total. The Labute approximate surface area is 76.4 Å². The minimum Gasteiger partial charge on any atom is -0.318 e. The van der Waals surface area contributed by atoms with Crippen molar-refractivity contribution in [2.75, 3.05) is 0 Å². The van der Waals surface area contributed by atoms with Gasteiger partial charge in [0.15, 0.2) is 11.3 Å². The molecule has 74 valence electrons. The lowest BCUT2D eigenvalue weighted by molar-refractivity contribution is -0.140. The van der Waals surface area contributed by atoms with Gasteiger partial charge in [0.2, 0.25) is 0 Å². The van der Waals surface area contributed by atoms with Gasteiger partial charge in [-0.25, -0.2) is 15.0 Å². The van der Waals surface area contributed by atoms with Crippen molar-refractivity contribution in [2.24, 2.45) is 7.05 Å². The maximum absolute atomic E-state index is 12.4. The summed E-state index contributed by atoms with van der Waals surface area (Å²) in [6.45, 7) is 0. The van der Waals surface area contributed by atoms with Gasteiger partial charge in [-0.1, -0.05) is 0 Å². The first kappa shape index (κ1) is 8.92. The van der Waals surface area contributed by atoms with Crippen molar-refractivity contribution in [1.82, 2.24) is 19.5 Å². The van der Waals surface area contributed by atoms with E-state index in [9.17, 15) is 13.2 Å². The number of imidazole rings is 1. The van der Waals surface area contributed by atoms with Crippen LogP contribution >= 0.6 is 0 Å². The summed E-state index contributed by atoms with van der Waals surface area (Å²) in [5.74, 6) is 0. The van der Waals surface area contributed by atoms with Crippen LogP contribution in [0.3, 0.4) is 0 Å². The minimum absolute atomic E-state index is 0.173. The fourth-order valence-corrected chi connectivity index (χ4v) is 1.15. The second kappa shape index (κ2) is 2.66. The first-order valence-corrected chi connectivity index (χ1v) is 3.69. The molecule has 0 fully saturated rings. The lowest BCUT2D eigenvalue weighted by atomic mass is 10.3. The molecule has 0 radical (unpaired) electrons. The van der Waals surface area contributed by atoms with Crippen LogP contribution in [-0.2, 0) is 13.2 Å². The molecule has 0 aromatic carbocycles. The molecule has 0 atom stereocenters. The van der Waals surface area contributed by atoms with Crippen molar-refractivity contribution in [3.63, 3.8) is 0 Å². The number of hydrogen-bond donors (Lipinski definition) is 0. The van der Waals surface area contributed by atoms with Gasteiger partial charge in [-0.3, -0.25) is 0 Å². The minimum atomic E-state index is -4.49. The van der Waals surface area contributed by atoms with Gasteiger partial charge >= 0.3 is 6.18 Å². The summed E-state index contributed by atoms with van der Waals surface area (Å²) in [5, 5.41) is 0. The highest BCUT2D eigenvalue weighted by Gasteiger charge is 2.36. The summed E-state index contributed by atoms with van der Waals surface area (Å²) in [4.78, 5) is 10.5. The van der Waals surface area contributed by atoms with Crippen LogP contribution in [0.5, 0.6) is 0 Å². The first-order valence-electron chi connectivity index (χ1n) is 3.69. The second-order valence-corrected chi connectivity index (χ2v) is 2.75.